The molecule has 18 heavy (non-hydrogen) atoms. The molecule has 0 spiro atoms. The van der Waals surface area contributed by atoms with E-state index in [1.807, 2.05) is 39.0 Å². The summed E-state index contributed by atoms with van der Waals surface area (Å²) in [5, 5.41) is 2.89. The molecule has 4 heteroatoms. The van der Waals surface area contributed by atoms with Crippen molar-refractivity contribution >= 4 is 11.6 Å². The molecule has 0 heterocycles. The summed E-state index contributed by atoms with van der Waals surface area (Å²) in [5.74, 6) is 0.853. The van der Waals surface area contributed by atoms with Crippen molar-refractivity contribution in [1.82, 2.24) is 0 Å². The predicted molar refractivity (Wildman–Crippen MR) is 73.7 cm³/mol. The van der Waals surface area contributed by atoms with Gasteiger partial charge in [0.15, 0.2) is 0 Å². The van der Waals surface area contributed by atoms with E-state index in [2.05, 4.69) is 5.32 Å². The van der Waals surface area contributed by atoms with Gasteiger partial charge in [-0.25, -0.2) is 0 Å². The molecule has 0 aliphatic carbocycles. The van der Waals surface area contributed by atoms with Crippen LogP contribution in [-0.2, 0) is 4.79 Å². The van der Waals surface area contributed by atoms with Gasteiger partial charge in [0.05, 0.1) is 13.0 Å². The van der Waals surface area contributed by atoms with Crippen molar-refractivity contribution in [3.05, 3.63) is 23.8 Å². The van der Waals surface area contributed by atoms with E-state index in [1.54, 1.807) is 7.11 Å². The van der Waals surface area contributed by atoms with Crippen LogP contribution in [0.1, 0.15) is 19.4 Å². The number of anilines is 1. The van der Waals surface area contributed by atoms with E-state index in [4.69, 9.17) is 10.5 Å². The maximum Gasteiger partial charge on any atom is 0.229 e. The van der Waals surface area contributed by atoms with Crippen molar-refractivity contribution < 1.29 is 9.53 Å². The Hall–Kier alpha value is -1.55. The Balaban J connectivity index is 2.78. The monoisotopic (exact) mass is 250 g/mol. The average Bonchev–Trinajstić information content (AvgIpc) is 2.29. The molecule has 0 saturated heterocycles. The largest absolute Gasteiger partial charge is 0.496 e. The number of aryl methyl sites for hydroxylation is 1. The normalized spacial score (nSPS) is 12.3. The molecule has 1 aromatic carbocycles. The van der Waals surface area contributed by atoms with Gasteiger partial charge in [0, 0.05) is 12.2 Å². The van der Waals surface area contributed by atoms with E-state index >= 15 is 0 Å². The zero-order valence-electron chi connectivity index (χ0n) is 11.5. The van der Waals surface area contributed by atoms with Crippen LogP contribution in [0, 0.1) is 18.8 Å². The summed E-state index contributed by atoms with van der Waals surface area (Å²) in [6.45, 7) is 6.29. The van der Waals surface area contributed by atoms with Gasteiger partial charge < -0.3 is 15.8 Å². The molecule has 0 aliphatic rings. The molecule has 1 amide bonds. The molecule has 1 aromatic rings. The van der Waals surface area contributed by atoms with Crippen LogP contribution in [0.15, 0.2) is 18.2 Å². The van der Waals surface area contributed by atoms with Crippen molar-refractivity contribution in [2.24, 2.45) is 17.6 Å². The SMILES string of the molecule is COc1ccc(NC(=O)C(CN)C(C)C)cc1C. The van der Waals surface area contributed by atoms with Gasteiger partial charge in [-0.2, -0.15) is 0 Å². The molecule has 3 N–H and O–H groups in total. The molecule has 0 bridgehead atoms. The van der Waals surface area contributed by atoms with Gasteiger partial charge in [-0.1, -0.05) is 13.8 Å². The topological polar surface area (TPSA) is 64.3 Å². The number of nitrogens with one attached hydrogen (secondary N) is 1. The van der Waals surface area contributed by atoms with E-state index in [9.17, 15) is 4.79 Å². The maximum atomic E-state index is 12.0. The number of ether oxygens (including phenoxy) is 1. The first-order chi connectivity index (χ1) is 8.49. The second-order valence-corrected chi connectivity index (χ2v) is 4.76. The smallest absolute Gasteiger partial charge is 0.229 e. The Morgan fingerprint density at radius 1 is 1.44 bits per heavy atom. The quantitative estimate of drug-likeness (QED) is 0.841. The third-order valence-electron chi connectivity index (χ3n) is 3.06. The average molecular weight is 250 g/mol. The van der Waals surface area contributed by atoms with Gasteiger partial charge in [-0.3, -0.25) is 4.79 Å². The molecular formula is C14H22N2O2. The third-order valence-corrected chi connectivity index (χ3v) is 3.06. The summed E-state index contributed by atoms with van der Waals surface area (Å²) in [4.78, 5) is 12.0. The van der Waals surface area contributed by atoms with Crippen LogP contribution in [0.25, 0.3) is 0 Å². The van der Waals surface area contributed by atoms with Gasteiger partial charge in [-0.15, -0.1) is 0 Å². The van der Waals surface area contributed by atoms with Gasteiger partial charge in [-0.05, 0) is 36.6 Å². The van der Waals surface area contributed by atoms with Crippen LogP contribution < -0.4 is 15.8 Å². The van der Waals surface area contributed by atoms with Gasteiger partial charge in [0.25, 0.3) is 0 Å². The fourth-order valence-electron chi connectivity index (χ4n) is 1.87. The maximum absolute atomic E-state index is 12.0. The predicted octanol–water partition coefficient (Wildman–Crippen LogP) is 2.17. The minimum atomic E-state index is -0.160. The fourth-order valence-corrected chi connectivity index (χ4v) is 1.87. The highest BCUT2D eigenvalue weighted by Crippen LogP contribution is 2.22. The van der Waals surface area contributed by atoms with Crippen molar-refractivity contribution in [2.45, 2.75) is 20.8 Å². The van der Waals surface area contributed by atoms with Crippen molar-refractivity contribution in [3.8, 4) is 5.75 Å². The summed E-state index contributed by atoms with van der Waals surface area (Å²) < 4.78 is 5.18. The first-order valence-corrected chi connectivity index (χ1v) is 6.15. The highest BCUT2D eigenvalue weighted by molar-refractivity contribution is 5.93. The molecule has 0 aliphatic heterocycles. The van der Waals surface area contributed by atoms with Crippen LogP contribution in [0.3, 0.4) is 0 Å². The minimum absolute atomic E-state index is 0.0305. The number of benzene rings is 1. The molecule has 1 atom stereocenters. The summed E-state index contributed by atoms with van der Waals surface area (Å²) in [6.07, 6.45) is 0. The second-order valence-electron chi connectivity index (χ2n) is 4.76. The third kappa shape index (κ3) is 3.47. The van der Waals surface area contributed by atoms with Gasteiger partial charge in [0.1, 0.15) is 5.75 Å². The lowest BCUT2D eigenvalue weighted by Gasteiger charge is -2.18. The number of rotatable bonds is 5. The summed E-state index contributed by atoms with van der Waals surface area (Å²) in [7, 11) is 1.63. The first kappa shape index (κ1) is 14.5. The Labute approximate surface area is 109 Å². The van der Waals surface area contributed by atoms with Crippen molar-refractivity contribution in [2.75, 3.05) is 19.0 Å². The first-order valence-electron chi connectivity index (χ1n) is 6.15. The molecule has 0 radical (unpaired) electrons. The summed E-state index contributed by atoms with van der Waals surface area (Å²) in [5.41, 5.74) is 7.39. The summed E-state index contributed by atoms with van der Waals surface area (Å²) in [6, 6.07) is 5.57. The Morgan fingerprint density at radius 2 is 2.11 bits per heavy atom. The zero-order chi connectivity index (χ0) is 13.7. The number of amides is 1. The Bertz CT molecular complexity index is 416. The zero-order valence-corrected chi connectivity index (χ0v) is 11.5. The highest BCUT2D eigenvalue weighted by atomic mass is 16.5. The van der Waals surface area contributed by atoms with E-state index < -0.39 is 0 Å². The van der Waals surface area contributed by atoms with E-state index in [1.165, 1.54) is 0 Å². The van der Waals surface area contributed by atoms with Gasteiger partial charge in [0.2, 0.25) is 5.91 Å². The fraction of sp³-hybridized carbons (Fsp3) is 0.500. The number of methoxy groups -OCH3 is 1. The van der Waals surface area contributed by atoms with E-state index in [-0.39, 0.29) is 17.7 Å². The highest BCUT2D eigenvalue weighted by Gasteiger charge is 2.20. The lowest BCUT2D eigenvalue weighted by atomic mass is 9.95. The molecule has 0 saturated carbocycles. The van der Waals surface area contributed by atoms with Crippen molar-refractivity contribution in [3.63, 3.8) is 0 Å². The molecule has 4 nitrogen and oxygen atoms in total. The lowest BCUT2D eigenvalue weighted by Crippen LogP contribution is -2.33. The van der Waals surface area contributed by atoms with E-state index in [0.717, 1.165) is 17.0 Å². The Kier molecular flexibility index (Phi) is 5.16. The summed E-state index contributed by atoms with van der Waals surface area (Å²) >= 11 is 0. The van der Waals surface area contributed by atoms with Crippen molar-refractivity contribution in [1.29, 1.82) is 0 Å². The van der Waals surface area contributed by atoms with Crippen LogP contribution >= 0.6 is 0 Å². The van der Waals surface area contributed by atoms with Crippen LogP contribution in [-0.4, -0.2) is 19.6 Å². The van der Waals surface area contributed by atoms with Crippen LogP contribution in [0.5, 0.6) is 5.75 Å². The molecule has 100 valence electrons. The second kappa shape index (κ2) is 6.40. The van der Waals surface area contributed by atoms with Crippen LogP contribution in [0.2, 0.25) is 0 Å². The minimum Gasteiger partial charge on any atom is -0.496 e. The van der Waals surface area contributed by atoms with Gasteiger partial charge >= 0.3 is 0 Å². The molecule has 0 aromatic heterocycles. The lowest BCUT2D eigenvalue weighted by molar-refractivity contribution is -0.120. The standard InChI is InChI=1S/C14H22N2O2/c1-9(2)12(8-15)14(17)16-11-5-6-13(18-4)10(3)7-11/h5-7,9,12H,8,15H2,1-4H3,(H,16,17). The number of hydrogen-bond acceptors (Lipinski definition) is 3. The Morgan fingerprint density at radius 3 is 2.56 bits per heavy atom. The number of carbonyl (C=O) groups excluding carboxylic acids is 1. The van der Waals surface area contributed by atoms with Crippen LogP contribution in [0.4, 0.5) is 5.69 Å². The molecule has 1 unspecified atom stereocenters. The molecule has 0 fully saturated rings. The number of carbonyl (C=O) groups is 1. The molecule has 1 rings (SSSR count). The van der Waals surface area contributed by atoms with E-state index in [0.29, 0.717) is 6.54 Å². The number of hydrogen-bond donors (Lipinski definition) is 2. The molecular weight excluding hydrogens is 228 g/mol. The number of nitrogens with two attached hydrogens (primary N) is 1.